The van der Waals surface area contributed by atoms with Gasteiger partial charge in [-0.2, -0.15) is 4.98 Å². The highest BCUT2D eigenvalue weighted by atomic mass is 35.5. The van der Waals surface area contributed by atoms with E-state index in [-0.39, 0.29) is 34.5 Å². The number of amides is 1. The van der Waals surface area contributed by atoms with Crippen molar-refractivity contribution in [3.63, 3.8) is 0 Å². The van der Waals surface area contributed by atoms with E-state index >= 15 is 0 Å². The van der Waals surface area contributed by atoms with Crippen molar-refractivity contribution >= 4 is 38.5 Å². The van der Waals surface area contributed by atoms with E-state index < -0.39 is 33.0 Å². The monoisotopic (exact) mass is 403 g/mol. The molecule has 1 fully saturated rings. The molecule has 0 unspecified atom stereocenters. The summed E-state index contributed by atoms with van der Waals surface area (Å²) in [6, 6.07) is -0.409. The first-order chi connectivity index (χ1) is 12.0. The molecule has 0 N–H and O–H groups in total. The normalized spacial score (nSPS) is 19.2. The Labute approximate surface area is 153 Å². The van der Waals surface area contributed by atoms with E-state index in [0.29, 0.717) is 6.42 Å². The van der Waals surface area contributed by atoms with Crippen LogP contribution >= 0.6 is 11.6 Å². The van der Waals surface area contributed by atoms with Crippen LogP contribution in [-0.2, 0) is 35.3 Å². The second-order valence-corrected chi connectivity index (χ2v) is 8.97. The Morgan fingerprint density at radius 1 is 1.31 bits per heavy atom. The number of hydrogen-bond acceptors (Lipinski definition) is 6. The maximum Gasteiger partial charge on any atom is 0.332 e. The number of sulfone groups is 1. The Hall–Kier alpha value is -2.14. The van der Waals surface area contributed by atoms with Gasteiger partial charge in [0, 0.05) is 27.2 Å². The maximum atomic E-state index is 12.6. The molecule has 3 rings (SSSR count). The van der Waals surface area contributed by atoms with Crippen LogP contribution in [0.25, 0.3) is 11.2 Å². The molecule has 0 bridgehead atoms. The summed E-state index contributed by atoms with van der Waals surface area (Å²) in [5.41, 5.74) is -1.03. The molecule has 0 aromatic carbocycles. The number of carbonyl (C=O) groups is 1. The van der Waals surface area contributed by atoms with Crippen molar-refractivity contribution in [2.75, 3.05) is 18.6 Å². The minimum atomic E-state index is -3.13. The number of aromatic nitrogens is 4. The fourth-order valence-electron chi connectivity index (χ4n) is 3.10. The summed E-state index contributed by atoms with van der Waals surface area (Å²) < 4.78 is 26.6. The van der Waals surface area contributed by atoms with Crippen molar-refractivity contribution in [2.24, 2.45) is 14.1 Å². The van der Waals surface area contributed by atoms with Gasteiger partial charge in [0.15, 0.2) is 21.0 Å². The molecular weight excluding hydrogens is 386 g/mol. The number of fused-ring (bicyclic) bond motifs is 1. The molecule has 10 nitrogen and oxygen atoms in total. The first kappa shape index (κ1) is 18.6. The molecule has 1 saturated heterocycles. The standard InChI is InChI=1S/C14H18ClN5O5S/c1-17(8-4-5-26(24,25)7-8)9(21)6-20-10-11(16-13(20)15)18(2)14(23)19(3)12(10)22/h8H,4-7H2,1-3H3/t8-/m1/s1. The van der Waals surface area contributed by atoms with E-state index in [1.165, 1.54) is 35.2 Å². The van der Waals surface area contributed by atoms with Gasteiger partial charge in [0.2, 0.25) is 11.2 Å². The smallest absolute Gasteiger partial charge is 0.332 e. The van der Waals surface area contributed by atoms with Gasteiger partial charge in [-0.3, -0.25) is 23.3 Å². The number of aryl methyl sites for hydroxylation is 1. The zero-order valence-electron chi connectivity index (χ0n) is 14.5. The molecule has 0 aliphatic carbocycles. The number of rotatable bonds is 3. The molecule has 0 spiro atoms. The number of carbonyl (C=O) groups excluding carboxylic acids is 1. The van der Waals surface area contributed by atoms with E-state index in [2.05, 4.69) is 4.98 Å². The minimum Gasteiger partial charge on any atom is -0.340 e. The molecule has 26 heavy (non-hydrogen) atoms. The van der Waals surface area contributed by atoms with Crippen molar-refractivity contribution in [1.29, 1.82) is 0 Å². The highest BCUT2D eigenvalue weighted by Crippen LogP contribution is 2.19. The maximum absolute atomic E-state index is 12.6. The Bertz CT molecular complexity index is 1130. The van der Waals surface area contributed by atoms with Crippen molar-refractivity contribution in [2.45, 2.75) is 19.0 Å². The molecule has 2 aromatic heterocycles. The zero-order chi connectivity index (χ0) is 19.4. The molecule has 1 aliphatic rings. The van der Waals surface area contributed by atoms with Gasteiger partial charge in [0.05, 0.1) is 11.5 Å². The number of hydrogen-bond donors (Lipinski definition) is 0. The van der Waals surface area contributed by atoms with Gasteiger partial charge in [-0.15, -0.1) is 0 Å². The van der Waals surface area contributed by atoms with Gasteiger partial charge in [0.25, 0.3) is 5.56 Å². The van der Waals surface area contributed by atoms with E-state index in [1.54, 1.807) is 0 Å². The summed E-state index contributed by atoms with van der Waals surface area (Å²) in [5.74, 6) is -0.430. The first-order valence-corrected chi connectivity index (χ1v) is 10.0. The minimum absolute atomic E-state index is 0.0420. The first-order valence-electron chi connectivity index (χ1n) is 7.81. The fraction of sp³-hybridized carbons (Fsp3) is 0.571. The van der Waals surface area contributed by atoms with Crippen LogP contribution in [0, 0.1) is 0 Å². The topological polar surface area (TPSA) is 116 Å². The summed E-state index contributed by atoms with van der Waals surface area (Å²) >= 11 is 6.09. The van der Waals surface area contributed by atoms with Crippen molar-refractivity contribution in [3.8, 4) is 0 Å². The molecule has 12 heteroatoms. The molecular formula is C14H18ClN5O5S. The predicted octanol–water partition coefficient (Wildman–Crippen LogP) is -1.27. The second-order valence-electron chi connectivity index (χ2n) is 6.41. The zero-order valence-corrected chi connectivity index (χ0v) is 16.0. The lowest BCUT2D eigenvalue weighted by molar-refractivity contribution is -0.132. The lowest BCUT2D eigenvalue weighted by Crippen LogP contribution is -2.41. The Kier molecular flexibility index (Phi) is 4.47. The Morgan fingerprint density at radius 2 is 1.96 bits per heavy atom. The van der Waals surface area contributed by atoms with E-state index in [4.69, 9.17) is 11.6 Å². The van der Waals surface area contributed by atoms with Gasteiger partial charge in [-0.25, -0.2) is 13.2 Å². The number of imidazole rings is 1. The third kappa shape index (κ3) is 2.94. The summed E-state index contributed by atoms with van der Waals surface area (Å²) in [5, 5.41) is -0.0981. The van der Waals surface area contributed by atoms with Gasteiger partial charge >= 0.3 is 5.69 Å². The van der Waals surface area contributed by atoms with E-state index in [9.17, 15) is 22.8 Å². The van der Waals surface area contributed by atoms with Crippen molar-refractivity contribution in [1.82, 2.24) is 23.6 Å². The highest BCUT2D eigenvalue weighted by molar-refractivity contribution is 7.91. The van der Waals surface area contributed by atoms with Gasteiger partial charge in [-0.1, -0.05) is 0 Å². The molecule has 3 heterocycles. The Balaban J connectivity index is 1.99. The van der Waals surface area contributed by atoms with Gasteiger partial charge < -0.3 is 4.90 Å². The number of nitrogens with zero attached hydrogens (tertiary/aromatic N) is 5. The van der Waals surface area contributed by atoms with Crippen LogP contribution in [0.3, 0.4) is 0 Å². The van der Waals surface area contributed by atoms with Crippen molar-refractivity contribution < 1.29 is 13.2 Å². The summed E-state index contributed by atoms with van der Waals surface area (Å²) in [6.07, 6.45) is 0.374. The lowest BCUT2D eigenvalue weighted by Gasteiger charge is -2.23. The quantitative estimate of drug-likeness (QED) is 0.590. The van der Waals surface area contributed by atoms with Crippen LogP contribution in [0.5, 0.6) is 0 Å². The summed E-state index contributed by atoms with van der Waals surface area (Å²) in [6.45, 7) is -0.282. The number of halogens is 1. The highest BCUT2D eigenvalue weighted by Gasteiger charge is 2.33. The molecule has 2 aromatic rings. The molecule has 142 valence electrons. The van der Waals surface area contributed by atoms with Crippen molar-refractivity contribution in [3.05, 3.63) is 26.1 Å². The predicted molar refractivity (Wildman–Crippen MR) is 95.1 cm³/mol. The average molecular weight is 404 g/mol. The third-order valence-electron chi connectivity index (χ3n) is 4.74. The summed E-state index contributed by atoms with van der Waals surface area (Å²) in [7, 11) is 1.17. The largest absolute Gasteiger partial charge is 0.340 e. The van der Waals surface area contributed by atoms with Crippen LogP contribution < -0.4 is 11.2 Å². The van der Waals surface area contributed by atoms with Crippen LogP contribution in [-0.4, -0.2) is 62.5 Å². The van der Waals surface area contributed by atoms with Crippen LogP contribution in [0.1, 0.15) is 6.42 Å². The van der Waals surface area contributed by atoms with Gasteiger partial charge in [-0.05, 0) is 18.0 Å². The van der Waals surface area contributed by atoms with Crippen LogP contribution in [0.15, 0.2) is 9.59 Å². The lowest BCUT2D eigenvalue weighted by atomic mass is 10.2. The fourth-order valence-corrected chi connectivity index (χ4v) is 5.09. The molecule has 0 saturated carbocycles. The average Bonchev–Trinajstić information content (AvgIpc) is 3.10. The van der Waals surface area contributed by atoms with E-state index in [0.717, 1.165) is 4.57 Å². The third-order valence-corrected chi connectivity index (χ3v) is 6.78. The van der Waals surface area contributed by atoms with Crippen LogP contribution in [0.4, 0.5) is 0 Å². The second kappa shape index (κ2) is 6.23. The molecule has 1 amide bonds. The van der Waals surface area contributed by atoms with Crippen LogP contribution in [0.2, 0.25) is 5.28 Å². The molecule has 0 radical (unpaired) electrons. The molecule has 1 atom stereocenters. The van der Waals surface area contributed by atoms with Gasteiger partial charge in [0.1, 0.15) is 6.54 Å². The Morgan fingerprint density at radius 3 is 2.54 bits per heavy atom. The van der Waals surface area contributed by atoms with E-state index in [1.807, 2.05) is 0 Å². The molecule has 1 aliphatic heterocycles. The number of likely N-dealkylation sites (N-methyl/N-ethyl adjacent to an activating group) is 1. The SMILES string of the molecule is CN(C(=O)Cn1c(Cl)nc2c1c(=O)n(C)c(=O)n2C)[C@@H]1CCS(=O)(=O)C1. The summed E-state index contributed by atoms with van der Waals surface area (Å²) in [4.78, 5) is 42.4.